The van der Waals surface area contributed by atoms with Crippen LogP contribution in [0.5, 0.6) is 5.75 Å². The van der Waals surface area contributed by atoms with Crippen molar-refractivity contribution in [3.8, 4) is 5.75 Å². The normalized spacial score (nSPS) is 11.0. The summed E-state index contributed by atoms with van der Waals surface area (Å²) in [6.07, 6.45) is 2.07. The third-order valence-corrected chi connectivity index (χ3v) is 4.27. The van der Waals surface area contributed by atoms with Gasteiger partial charge in [0.25, 0.3) is 0 Å². The van der Waals surface area contributed by atoms with Crippen LogP contribution in [0.1, 0.15) is 12.5 Å². The van der Waals surface area contributed by atoms with Crippen molar-refractivity contribution in [1.29, 1.82) is 0 Å². The van der Waals surface area contributed by atoms with Crippen molar-refractivity contribution >= 4 is 38.4 Å². The van der Waals surface area contributed by atoms with Gasteiger partial charge in [-0.3, -0.25) is 0 Å². The van der Waals surface area contributed by atoms with E-state index in [9.17, 15) is 0 Å². The first kappa shape index (κ1) is 14.5. The molecule has 2 aromatic carbocycles. The summed E-state index contributed by atoms with van der Waals surface area (Å²) in [5.41, 5.74) is 2.25. The molecule has 0 aliphatic carbocycles. The van der Waals surface area contributed by atoms with Crippen molar-refractivity contribution in [2.24, 2.45) is 0 Å². The first-order chi connectivity index (χ1) is 10.2. The summed E-state index contributed by atoms with van der Waals surface area (Å²) >= 11 is 9.74. The molecule has 4 heteroatoms. The third-order valence-electron chi connectivity index (χ3n) is 3.43. The molecule has 0 spiro atoms. The van der Waals surface area contributed by atoms with Crippen molar-refractivity contribution < 1.29 is 4.74 Å². The Morgan fingerprint density at radius 2 is 2.05 bits per heavy atom. The summed E-state index contributed by atoms with van der Waals surface area (Å²) in [6.45, 7) is 3.41. The van der Waals surface area contributed by atoms with Crippen LogP contribution in [-0.4, -0.2) is 11.2 Å². The van der Waals surface area contributed by atoms with Crippen LogP contribution in [0.15, 0.2) is 53.1 Å². The van der Waals surface area contributed by atoms with E-state index in [2.05, 4.69) is 38.8 Å². The number of aromatic nitrogens is 1. The summed E-state index contributed by atoms with van der Waals surface area (Å²) in [4.78, 5) is 0. The predicted molar refractivity (Wildman–Crippen MR) is 91.4 cm³/mol. The molecular weight excluding hydrogens is 350 g/mol. The van der Waals surface area contributed by atoms with E-state index in [0.717, 1.165) is 38.3 Å². The maximum atomic E-state index is 6.31. The van der Waals surface area contributed by atoms with Gasteiger partial charge in [-0.15, -0.1) is 0 Å². The molecule has 21 heavy (non-hydrogen) atoms. The Hall–Kier alpha value is -1.45. The topological polar surface area (TPSA) is 14.2 Å². The van der Waals surface area contributed by atoms with Crippen LogP contribution < -0.4 is 4.74 Å². The number of hydrogen-bond donors (Lipinski definition) is 0. The fourth-order valence-electron chi connectivity index (χ4n) is 2.45. The summed E-state index contributed by atoms with van der Waals surface area (Å²) in [7, 11) is 0. The van der Waals surface area contributed by atoms with Crippen LogP contribution in [0.3, 0.4) is 0 Å². The van der Waals surface area contributed by atoms with E-state index >= 15 is 0 Å². The van der Waals surface area contributed by atoms with Gasteiger partial charge in [-0.05, 0) is 42.8 Å². The maximum Gasteiger partial charge on any atom is 0.128 e. The molecule has 0 unspecified atom stereocenters. The lowest BCUT2D eigenvalue weighted by atomic mass is 10.2. The Labute approximate surface area is 137 Å². The second-order valence-electron chi connectivity index (χ2n) is 4.80. The lowest BCUT2D eigenvalue weighted by molar-refractivity contribution is 0.344. The first-order valence-electron chi connectivity index (χ1n) is 6.83. The standard InChI is InChI=1S/C17H15BrClNO/c1-2-21-17-5-3-4-16-14(17)8-9-20(16)11-12-6-7-13(18)10-15(12)19/h3-10H,2,11H2,1H3. The number of hydrogen-bond acceptors (Lipinski definition) is 1. The number of benzene rings is 2. The van der Waals surface area contributed by atoms with Crippen molar-refractivity contribution in [3.05, 3.63) is 63.7 Å². The SMILES string of the molecule is CCOc1cccc2c1ccn2Cc1ccc(Br)cc1Cl. The van der Waals surface area contributed by atoms with Gasteiger partial charge in [0.2, 0.25) is 0 Å². The van der Waals surface area contributed by atoms with Crippen molar-refractivity contribution in [2.45, 2.75) is 13.5 Å². The molecular formula is C17H15BrClNO. The highest BCUT2D eigenvalue weighted by Crippen LogP contribution is 2.28. The van der Waals surface area contributed by atoms with Gasteiger partial charge in [0, 0.05) is 27.6 Å². The summed E-state index contributed by atoms with van der Waals surface area (Å²) < 4.78 is 8.86. The number of nitrogens with zero attached hydrogens (tertiary/aromatic N) is 1. The lowest BCUT2D eigenvalue weighted by Gasteiger charge is -2.09. The number of halogens is 2. The molecule has 0 aliphatic rings. The number of ether oxygens (including phenoxy) is 1. The highest BCUT2D eigenvalue weighted by atomic mass is 79.9. The minimum atomic E-state index is 0.669. The van der Waals surface area contributed by atoms with Gasteiger partial charge in [-0.25, -0.2) is 0 Å². The van der Waals surface area contributed by atoms with E-state index in [4.69, 9.17) is 16.3 Å². The maximum absolute atomic E-state index is 6.31. The molecule has 0 amide bonds. The van der Waals surface area contributed by atoms with Crippen LogP contribution >= 0.6 is 27.5 Å². The molecule has 0 atom stereocenters. The van der Waals surface area contributed by atoms with Gasteiger partial charge < -0.3 is 9.30 Å². The fourth-order valence-corrected chi connectivity index (χ4v) is 3.18. The molecule has 1 heterocycles. The zero-order valence-electron chi connectivity index (χ0n) is 11.6. The van der Waals surface area contributed by atoms with Gasteiger partial charge in [-0.1, -0.05) is 39.7 Å². The van der Waals surface area contributed by atoms with E-state index in [0.29, 0.717) is 6.61 Å². The van der Waals surface area contributed by atoms with E-state index in [1.54, 1.807) is 0 Å². The van der Waals surface area contributed by atoms with Gasteiger partial charge in [0.1, 0.15) is 5.75 Å². The van der Waals surface area contributed by atoms with Gasteiger partial charge in [-0.2, -0.15) is 0 Å². The number of fused-ring (bicyclic) bond motifs is 1. The number of rotatable bonds is 4. The molecule has 0 bridgehead atoms. The minimum absolute atomic E-state index is 0.669. The minimum Gasteiger partial charge on any atom is -0.493 e. The Morgan fingerprint density at radius 3 is 2.81 bits per heavy atom. The average Bonchev–Trinajstić information content (AvgIpc) is 2.87. The van der Waals surface area contributed by atoms with Crippen LogP contribution in [0.4, 0.5) is 0 Å². The van der Waals surface area contributed by atoms with Crippen molar-refractivity contribution in [2.75, 3.05) is 6.61 Å². The van der Waals surface area contributed by atoms with Gasteiger partial charge in [0.15, 0.2) is 0 Å². The Kier molecular flexibility index (Phi) is 4.22. The molecule has 108 valence electrons. The Morgan fingerprint density at radius 1 is 1.19 bits per heavy atom. The Bertz CT molecular complexity index is 782. The molecule has 0 saturated carbocycles. The smallest absolute Gasteiger partial charge is 0.128 e. The molecule has 0 radical (unpaired) electrons. The highest BCUT2D eigenvalue weighted by Gasteiger charge is 2.08. The molecule has 0 N–H and O–H groups in total. The van der Waals surface area contributed by atoms with Crippen LogP contribution in [-0.2, 0) is 6.54 Å². The van der Waals surface area contributed by atoms with Crippen LogP contribution in [0, 0.1) is 0 Å². The largest absolute Gasteiger partial charge is 0.493 e. The molecule has 0 fully saturated rings. The quantitative estimate of drug-likeness (QED) is 0.596. The zero-order chi connectivity index (χ0) is 14.8. The van der Waals surface area contributed by atoms with E-state index in [1.807, 2.05) is 37.3 Å². The molecule has 3 aromatic rings. The summed E-state index contributed by atoms with van der Waals surface area (Å²) in [6, 6.07) is 14.2. The Balaban J connectivity index is 1.99. The summed E-state index contributed by atoms with van der Waals surface area (Å²) in [5.74, 6) is 0.927. The molecule has 2 nitrogen and oxygen atoms in total. The van der Waals surface area contributed by atoms with Crippen molar-refractivity contribution in [1.82, 2.24) is 4.57 Å². The predicted octanol–water partition coefficient (Wildman–Crippen LogP) is 5.50. The van der Waals surface area contributed by atoms with E-state index in [1.165, 1.54) is 0 Å². The highest BCUT2D eigenvalue weighted by molar-refractivity contribution is 9.10. The molecule has 1 aromatic heterocycles. The third kappa shape index (κ3) is 2.94. The second kappa shape index (κ2) is 6.12. The zero-order valence-corrected chi connectivity index (χ0v) is 14.0. The van der Waals surface area contributed by atoms with Crippen molar-refractivity contribution in [3.63, 3.8) is 0 Å². The molecule has 0 saturated heterocycles. The van der Waals surface area contributed by atoms with E-state index < -0.39 is 0 Å². The van der Waals surface area contributed by atoms with Crippen LogP contribution in [0.25, 0.3) is 10.9 Å². The first-order valence-corrected chi connectivity index (χ1v) is 8.00. The lowest BCUT2D eigenvalue weighted by Crippen LogP contribution is -1.99. The average molecular weight is 365 g/mol. The van der Waals surface area contributed by atoms with Gasteiger partial charge in [0.05, 0.1) is 12.1 Å². The van der Waals surface area contributed by atoms with Crippen LogP contribution in [0.2, 0.25) is 5.02 Å². The van der Waals surface area contributed by atoms with E-state index in [-0.39, 0.29) is 0 Å². The second-order valence-corrected chi connectivity index (χ2v) is 6.12. The monoisotopic (exact) mass is 363 g/mol. The van der Waals surface area contributed by atoms with Gasteiger partial charge >= 0.3 is 0 Å². The fraction of sp³-hybridized carbons (Fsp3) is 0.176. The molecule has 3 rings (SSSR count). The molecule has 0 aliphatic heterocycles. The summed E-state index contributed by atoms with van der Waals surface area (Å²) in [5, 5.41) is 1.90.